The number of likely N-dealkylation sites (tertiary alicyclic amines) is 1. The fraction of sp³-hybridized carbons (Fsp3) is 0.476. The van der Waals surface area contributed by atoms with E-state index in [1.807, 2.05) is 40.8 Å². The van der Waals surface area contributed by atoms with E-state index in [1.165, 1.54) is 0 Å². The van der Waals surface area contributed by atoms with E-state index in [1.54, 1.807) is 14.2 Å². The van der Waals surface area contributed by atoms with Crippen LogP contribution in [0, 0.1) is 0 Å². The molecule has 1 aromatic carbocycles. The standard InChI is InChI=1S/C21H26N4O4/c1-24-16-8-7-15(28-3)12-14(16)13-18(24)21(26)25-10-5-4-6-17(25)20-22-19(23-29-20)9-11-27-2/h7-8,12-13,17H,4-6,9-11H2,1-3H3. The van der Waals surface area contributed by atoms with Gasteiger partial charge in [0, 0.05) is 38.0 Å². The van der Waals surface area contributed by atoms with Crippen LogP contribution in [0.4, 0.5) is 0 Å². The van der Waals surface area contributed by atoms with Crippen LogP contribution in [0.15, 0.2) is 28.8 Å². The Hall–Kier alpha value is -2.87. The summed E-state index contributed by atoms with van der Waals surface area (Å²) in [5, 5.41) is 5.02. The largest absolute Gasteiger partial charge is 0.497 e. The maximum absolute atomic E-state index is 13.5. The molecule has 0 radical (unpaired) electrons. The molecule has 4 rings (SSSR count). The summed E-state index contributed by atoms with van der Waals surface area (Å²) in [6.45, 7) is 1.20. The maximum atomic E-state index is 13.5. The molecule has 3 heterocycles. The molecule has 1 aliphatic rings. The second-order valence-corrected chi connectivity index (χ2v) is 7.32. The number of carbonyl (C=O) groups is 1. The lowest BCUT2D eigenvalue weighted by Gasteiger charge is -2.33. The Morgan fingerprint density at radius 2 is 2.14 bits per heavy atom. The lowest BCUT2D eigenvalue weighted by atomic mass is 10.0. The predicted octanol–water partition coefficient (Wildman–Crippen LogP) is 3.13. The molecule has 3 aromatic rings. The Kier molecular flexibility index (Phi) is 5.53. The van der Waals surface area contributed by atoms with Gasteiger partial charge in [0.25, 0.3) is 5.91 Å². The third-order valence-electron chi connectivity index (χ3n) is 5.53. The zero-order valence-electron chi connectivity index (χ0n) is 17.1. The Labute approximate surface area is 169 Å². The van der Waals surface area contributed by atoms with E-state index < -0.39 is 0 Å². The van der Waals surface area contributed by atoms with Gasteiger partial charge in [-0.15, -0.1) is 0 Å². The zero-order chi connectivity index (χ0) is 20.4. The number of piperidine rings is 1. The van der Waals surface area contributed by atoms with E-state index in [0.29, 0.717) is 37.0 Å². The lowest BCUT2D eigenvalue weighted by molar-refractivity contribution is 0.0552. The number of ether oxygens (including phenoxy) is 2. The number of hydrogen-bond acceptors (Lipinski definition) is 6. The fourth-order valence-electron chi connectivity index (χ4n) is 3.94. The molecule has 1 atom stereocenters. The van der Waals surface area contributed by atoms with Gasteiger partial charge in [-0.1, -0.05) is 5.16 Å². The second kappa shape index (κ2) is 8.24. The van der Waals surface area contributed by atoms with Gasteiger partial charge in [0.15, 0.2) is 5.82 Å². The topological polar surface area (TPSA) is 82.6 Å². The highest BCUT2D eigenvalue weighted by Crippen LogP contribution is 2.32. The summed E-state index contributed by atoms with van der Waals surface area (Å²) in [4.78, 5) is 19.8. The Morgan fingerprint density at radius 1 is 1.28 bits per heavy atom. The third kappa shape index (κ3) is 3.72. The van der Waals surface area contributed by atoms with Crippen LogP contribution in [0.25, 0.3) is 10.9 Å². The zero-order valence-corrected chi connectivity index (χ0v) is 17.1. The first-order chi connectivity index (χ1) is 14.1. The molecule has 0 aliphatic carbocycles. The number of aromatic nitrogens is 3. The van der Waals surface area contributed by atoms with Gasteiger partial charge in [0.1, 0.15) is 17.5 Å². The summed E-state index contributed by atoms with van der Waals surface area (Å²) in [5.74, 6) is 1.86. The number of amides is 1. The van der Waals surface area contributed by atoms with Gasteiger partial charge in [-0.25, -0.2) is 0 Å². The summed E-state index contributed by atoms with van der Waals surface area (Å²) in [6.07, 6.45) is 3.39. The van der Waals surface area contributed by atoms with E-state index in [-0.39, 0.29) is 11.9 Å². The molecule has 154 valence electrons. The van der Waals surface area contributed by atoms with E-state index >= 15 is 0 Å². The highest BCUT2D eigenvalue weighted by molar-refractivity contribution is 5.99. The minimum Gasteiger partial charge on any atom is -0.497 e. The highest BCUT2D eigenvalue weighted by atomic mass is 16.5. The van der Waals surface area contributed by atoms with Gasteiger partial charge in [0.2, 0.25) is 5.89 Å². The summed E-state index contributed by atoms with van der Waals surface area (Å²) < 4.78 is 17.8. The first-order valence-electron chi connectivity index (χ1n) is 9.88. The predicted molar refractivity (Wildman–Crippen MR) is 107 cm³/mol. The molecular formula is C21H26N4O4. The van der Waals surface area contributed by atoms with Crippen LogP contribution in [0.2, 0.25) is 0 Å². The van der Waals surface area contributed by atoms with Crippen LogP contribution < -0.4 is 4.74 Å². The number of hydrogen-bond donors (Lipinski definition) is 0. The first kappa shape index (κ1) is 19.4. The summed E-state index contributed by atoms with van der Waals surface area (Å²) in [5.41, 5.74) is 1.63. The average molecular weight is 398 g/mol. The van der Waals surface area contributed by atoms with Gasteiger partial charge in [-0.3, -0.25) is 4.79 Å². The van der Waals surface area contributed by atoms with E-state index in [4.69, 9.17) is 14.0 Å². The van der Waals surface area contributed by atoms with E-state index in [9.17, 15) is 4.79 Å². The quantitative estimate of drug-likeness (QED) is 0.634. The van der Waals surface area contributed by atoms with Crippen molar-refractivity contribution in [2.24, 2.45) is 7.05 Å². The number of rotatable bonds is 6. The van der Waals surface area contributed by atoms with Crippen LogP contribution in [0.1, 0.15) is 47.5 Å². The third-order valence-corrected chi connectivity index (χ3v) is 5.53. The molecule has 0 N–H and O–H groups in total. The number of benzene rings is 1. The monoisotopic (exact) mass is 398 g/mol. The highest BCUT2D eigenvalue weighted by Gasteiger charge is 2.33. The molecule has 0 bridgehead atoms. The first-order valence-corrected chi connectivity index (χ1v) is 9.88. The van der Waals surface area contributed by atoms with Gasteiger partial charge in [-0.05, 0) is 43.5 Å². The lowest BCUT2D eigenvalue weighted by Crippen LogP contribution is -2.39. The molecule has 1 unspecified atom stereocenters. The van der Waals surface area contributed by atoms with Gasteiger partial charge in [0.05, 0.1) is 13.7 Å². The number of aryl methyl sites for hydroxylation is 1. The van der Waals surface area contributed by atoms with Gasteiger partial charge >= 0.3 is 0 Å². The van der Waals surface area contributed by atoms with Crippen molar-refractivity contribution in [1.29, 1.82) is 0 Å². The van der Waals surface area contributed by atoms with Crippen molar-refractivity contribution in [2.45, 2.75) is 31.7 Å². The maximum Gasteiger partial charge on any atom is 0.271 e. The SMILES string of the molecule is COCCc1noc(C2CCCCN2C(=O)c2cc3cc(OC)ccc3n2C)n1. The Balaban J connectivity index is 1.63. The van der Waals surface area contributed by atoms with Crippen LogP contribution >= 0.6 is 0 Å². The molecule has 8 heteroatoms. The minimum absolute atomic E-state index is 0.0241. The summed E-state index contributed by atoms with van der Waals surface area (Å²) in [7, 11) is 5.19. The van der Waals surface area contributed by atoms with Crippen LogP contribution in [0.5, 0.6) is 5.75 Å². The van der Waals surface area contributed by atoms with Gasteiger partial charge in [-0.2, -0.15) is 4.98 Å². The number of carbonyl (C=O) groups excluding carboxylic acids is 1. The van der Waals surface area contributed by atoms with Crippen molar-refractivity contribution < 1.29 is 18.8 Å². The van der Waals surface area contributed by atoms with Crippen molar-refractivity contribution in [3.05, 3.63) is 41.7 Å². The average Bonchev–Trinajstić information content (AvgIpc) is 3.36. The Bertz CT molecular complexity index is 1010. The second-order valence-electron chi connectivity index (χ2n) is 7.32. The molecular weight excluding hydrogens is 372 g/mol. The molecule has 1 fully saturated rings. The summed E-state index contributed by atoms with van der Waals surface area (Å²) >= 11 is 0. The van der Waals surface area contributed by atoms with Crippen molar-refractivity contribution in [1.82, 2.24) is 19.6 Å². The summed E-state index contributed by atoms with van der Waals surface area (Å²) in [6, 6.07) is 7.54. The van der Waals surface area contributed by atoms with E-state index in [2.05, 4.69) is 10.1 Å². The van der Waals surface area contributed by atoms with Crippen molar-refractivity contribution >= 4 is 16.8 Å². The number of fused-ring (bicyclic) bond motifs is 1. The molecule has 29 heavy (non-hydrogen) atoms. The molecule has 0 spiro atoms. The smallest absolute Gasteiger partial charge is 0.271 e. The van der Waals surface area contributed by atoms with Gasteiger partial charge < -0.3 is 23.5 Å². The molecule has 2 aromatic heterocycles. The van der Waals surface area contributed by atoms with Crippen LogP contribution in [-0.2, 0) is 18.2 Å². The van der Waals surface area contributed by atoms with E-state index in [0.717, 1.165) is 35.9 Å². The number of methoxy groups -OCH3 is 2. The molecule has 0 saturated carbocycles. The fourth-order valence-corrected chi connectivity index (χ4v) is 3.94. The number of nitrogens with zero attached hydrogens (tertiary/aromatic N) is 4. The normalized spacial score (nSPS) is 17.1. The van der Waals surface area contributed by atoms with Crippen LogP contribution in [0.3, 0.4) is 0 Å². The van der Waals surface area contributed by atoms with Crippen LogP contribution in [-0.4, -0.2) is 52.9 Å². The Morgan fingerprint density at radius 3 is 2.93 bits per heavy atom. The molecule has 1 aliphatic heterocycles. The molecule has 1 saturated heterocycles. The molecule has 8 nitrogen and oxygen atoms in total. The minimum atomic E-state index is -0.201. The molecule has 1 amide bonds. The van der Waals surface area contributed by atoms with Crippen molar-refractivity contribution in [3.8, 4) is 5.75 Å². The van der Waals surface area contributed by atoms with Crippen molar-refractivity contribution in [2.75, 3.05) is 27.4 Å². The van der Waals surface area contributed by atoms with Crippen molar-refractivity contribution in [3.63, 3.8) is 0 Å².